The molecule has 0 atom stereocenters. The Hall–Kier alpha value is -2.70. The Morgan fingerprint density at radius 3 is 2.20 bits per heavy atom. The Morgan fingerprint density at radius 1 is 0.833 bits per heavy atom. The summed E-state index contributed by atoms with van der Waals surface area (Å²) in [4.78, 5) is 14.9. The summed E-state index contributed by atoms with van der Waals surface area (Å²) < 4.78 is 28.0. The van der Waals surface area contributed by atoms with Crippen molar-refractivity contribution in [1.82, 2.24) is 9.62 Å². The zero-order valence-corrected chi connectivity index (χ0v) is 17.7. The highest BCUT2D eigenvalue weighted by molar-refractivity contribution is 7.89. The number of nitrogens with zero attached hydrogens (tertiary/aromatic N) is 1. The molecule has 156 valence electrons. The summed E-state index contributed by atoms with van der Waals surface area (Å²) in [5.74, 6) is 0.0557. The fraction of sp³-hybridized carbons (Fsp3) is 0.292. The summed E-state index contributed by atoms with van der Waals surface area (Å²) in [5, 5.41) is 1.89. The van der Waals surface area contributed by atoms with Crippen LogP contribution in [-0.4, -0.2) is 32.3 Å². The molecule has 1 heterocycles. The van der Waals surface area contributed by atoms with Gasteiger partial charge in [-0.1, -0.05) is 55.3 Å². The lowest BCUT2D eigenvalue weighted by molar-refractivity contribution is 0.0761. The molecule has 3 aromatic carbocycles. The molecule has 0 saturated carbocycles. The fourth-order valence-corrected chi connectivity index (χ4v) is 4.87. The number of amides is 1. The van der Waals surface area contributed by atoms with Crippen LogP contribution in [0.25, 0.3) is 10.8 Å². The van der Waals surface area contributed by atoms with Crippen LogP contribution in [0.15, 0.2) is 71.6 Å². The predicted octanol–water partition coefficient (Wildman–Crippen LogP) is 4.33. The lowest BCUT2D eigenvalue weighted by atomic mass is 10.1. The molecule has 0 bridgehead atoms. The first-order valence-corrected chi connectivity index (χ1v) is 11.9. The SMILES string of the molecule is O=C(c1ccc(CNS(=O)(=O)c2ccc3ccccc3c2)cc1)N1CCCCCC1. The normalized spacial score (nSPS) is 15.1. The number of sulfonamides is 1. The van der Waals surface area contributed by atoms with Crippen LogP contribution in [0.3, 0.4) is 0 Å². The largest absolute Gasteiger partial charge is 0.339 e. The van der Waals surface area contributed by atoms with E-state index in [2.05, 4.69) is 4.72 Å². The maximum atomic E-state index is 12.7. The molecule has 1 N–H and O–H groups in total. The van der Waals surface area contributed by atoms with Crippen LogP contribution in [0.1, 0.15) is 41.6 Å². The van der Waals surface area contributed by atoms with Crippen molar-refractivity contribution >= 4 is 26.7 Å². The first-order chi connectivity index (χ1) is 14.5. The van der Waals surface area contributed by atoms with Crippen molar-refractivity contribution < 1.29 is 13.2 Å². The van der Waals surface area contributed by atoms with Crippen LogP contribution in [-0.2, 0) is 16.6 Å². The summed E-state index contributed by atoms with van der Waals surface area (Å²) in [6.45, 7) is 1.80. The van der Waals surface area contributed by atoms with Crippen molar-refractivity contribution in [2.75, 3.05) is 13.1 Å². The van der Waals surface area contributed by atoms with Crippen molar-refractivity contribution in [3.05, 3.63) is 77.9 Å². The van der Waals surface area contributed by atoms with Crippen molar-refractivity contribution in [1.29, 1.82) is 0 Å². The van der Waals surface area contributed by atoms with Gasteiger partial charge in [-0.25, -0.2) is 13.1 Å². The Balaban J connectivity index is 1.42. The van der Waals surface area contributed by atoms with Crippen LogP contribution < -0.4 is 4.72 Å². The second-order valence-corrected chi connectivity index (χ2v) is 9.50. The van der Waals surface area contributed by atoms with E-state index in [1.54, 1.807) is 24.3 Å². The van der Waals surface area contributed by atoms with Gasteiger partial charge in [0.15, 0.2) is 0 Å². The average Bonchev–Trinajstić information content (AvgIpc) is 3.07. The average molecular weight is 423 g/mol. The summed E-state index contributed by atoms with van der Waals surface area (Å²) in [6, 6.07) is 20.0. The van der Waals surface area contributed by atoms with Gasteiger partial charge < -0.3 is 4.90 Å². The van der Waals surface area contributed by atoms with E-state index in [9.17, 15) is 13.2 Å². The minimum absolute atomic E-state index is 0.0557. The van der Waals surface area contributed by atoms with Crippen LogP contribution >= 0.6 is 0 Å². The molecule has 5 nitrogen and oxygen atoms in total. The number of likely N-dealkylation sites (tertiary alicyclic amines) is 1. The molecule has 6 heteroatoms. The lowest BCUT2D eigenvalue weighted by Gasteiger charge is -2.20. The second kappa shape index (κ2) is 8.98. The minimum Gasteiger partial charge on any atom is -0.339 e. The molecule has 0 unspecified atom stereocenters. The van der Waals surface area contributed by atoms with E-state index >= 15 is 0 Å². The van der Waals surface area contributed by atoms with Gasteiger partial charge in [0.2, 0.25) is 10.0 Å². The van der Waals surface area contributed by atoms with Gasteiger partial charge in [-0.3, -0.25) is 4.79 Å². The highest BCUT2D eigenvalue weighted by Crippen LogP contribution is 2.19. The molecule has 0 aliphatic carbocycles. The number of carbonyl (C=O) groups excluding carboxylic acids is 1. The number of hydrogen-bond acceptors (Lipinski definition) is 3. The summed E-state index contributed by atoms with van der Waals surface area (Å²) in [7, 11) is -3.62. The molecular weight excluding hydrogens is 396 g/mol. The van der Waals surface area contributed by atoms with Crippen LogP contribution in [0.5, 0.6) is 0 Å². The number of rotatable bonds is 5. The molecule has 30 heavy (non-hydrogen) atoms. The predicted molar refractivity (Wildman–Crippen MR) is 119 cm³/mol. The standard InChI is InChI=1S/C24H26N2O3S/c27-24(26-15-5-1-2-6-16-26)21-11-9-19(10-12-21)18-25-30(28,29)23-14-13-20-7-3-4-8-22(20)17-23/h3-4,7-14,17,25H,1-2,5-6,15-16,18H2. The molecule has 0 radical (unpaired) electrons. The zero-order valence-electron chi connectivity index (χ0n) is 16.9. The minimum atomic E-state index is -3.62. The molecule has 3 aromatic rings. The zero-order chi connectivity index (χ0) is 21.0. The molecule has 1 aliphatic rings. The molecule has 1 saturated heterocycles. The Bertz CT molecular complexity index is 1130. The molecule has 1 amide bonds. The molecule has 0 aromatic heterocycles. The first kappa shape index (κ1) is 20.6. The molecule has 1 aliphatic heterocycles. The Morgan fingerprint density at radius 2 is 1.50 bits per heavy atom. The maximum Gasteiger partial charge on any atom is 0.253 e. The van der Waals surface area contributed by atoms with Gasteiger partial charge >= 0.3 is 0 Å². The van der Waals surface area contributed by atoms with E-state index in [0.29, 0.717) is 5.56 Å². The van der Waals surface area contributed by atoms with Crippen LogP contribution in [0, 0.1) is 0 Å². The third-order valence-corrected chi connectivity index (χ3v) is 6.99. The highest BCUT2D eigenvalue weighted by Gasteiger charge is 2.18. The lowest BCUT2D eigenvalue weighted by Crippen LogP contribution is -2.31. The van der Waals surface area contributed by atoms with Gasteiger partial charge in [0, 0.05) is 25.2 Å². The van der Waals surface area contributed by atoms with E-state index in [1.165, 1.54) is 12.8 Å². The van der Waals surface area contributed by atoms with Gasteiger partial charge in [0.1, 0.15) is 0 Å². The van der Waals surface area contributed by atoms with Gasteiger partial charge in [-0.2, -0.15) is 0 Å². The Kier molecular flexibility index (Phi) is 6.16. The van der Waals surface area contributed by atoms with E-state index in [-0.39, 0.29) is 17.3 Å². The van der Waals surface area contributed by atoms with E-state index < -0.39 is 10.0 Å². The van der Waals surface area contributed by atoms with Crippen molar-refractivity contribution in [3.8, 4) is 0 Å². The van der Waals surface area contributed by atoms with Crippen molar-refractivity contribution in [2.45, 2.75) is 37.1 Å². The smallest absolute Gasteiger partial charge is 0.253 e. The number of nitrogens with one attached hydrogen (secondary N) is 1. The molecule has 4 rings (SSSR count). The topological polar surface area (TPSA) is 66.5 Å². The van der Waals surface area contributed by atoms with E-state index in [4.69, 9.17) is 0 Å². The Labute approximate surface area is 177 Å². The highest BCUT2D eigenvalue weighted by atomic mass is 32.2. The monoisotopic (exact) mass is 422 g/mol. The second-order valence-electron chi connectivity index (χ2n) is 7.74. The summed E-state index contributed by atoms with van der Waals surface area (Å²) >= 11 is 0. The van der Waals surface area contributed by atoms with Gasteiger partial charge in [-0.05, 0) is 53.4 Å². The third-order valence-electron chi connectivity index (χ3n) is 5.59. The van der Waals surface area contributed by atoms with Gasteiger partial charge in [-0.15, -0.1) is 0 Å². The number of benzene rings is 3. The van der Waals surface area contributed by atoms with Crippen LogP contribution in [0.2, 0.25) is 0 Å². The maximum absolute atomic E-state index is 12.7. The van der Waals surface area contributed by atoms with E-state index in [0.717, 1.165) is 42.3 Å². The molecule has 0 spiro atoms. The number of hydrogen-bond donors (Lipinski definition) is 1. The van der Waals surface area contributed by atoms with E-state index in [1.807, 2.05) is 47.4 Å². The quantitative estimate of drug-likeness (QED) is 0.665. The van der Waals surface area contributed by atoms with Crippen molar-refractivity contribution in [3.63, 3.8) is 0 Å². The van der Waals surface area contributed by atoms with Crippen molar-refractivity contribution in [2.24, 2.45) is 0 Å². The fourth-order valence-electron chi connectivity index (χ4n) is 3.82. The summed E-state index contributed by atoms with van der Waals surface area (Å²) in [6.07, 6.45) is 4.47. The van der Waals surface area contributed by atoms with Gasteiger partial charge in [0.25, 0.3) is 5.91 Å². The van der Waals surface area contributed by atoms with Gasteiger partial charge in [0.05, 0.1) is 4.90 Å². The molecule has 1 fully saturated rings. The third kappa shape index (κ3) is 4.71. The number of fused-ring (bicyclic) bond motifs is 1. The summed E-state index contributed by atoms with van der Waals surface area (Å²) in [5.41, 5.74) is 1.46. The first-order valence-electron chi connectivity index (χ1n) is 10.4. The number of carbonyl (C=O) groups is 1. The van der Waals surface area contributed by atoms with Crippen LogP contribution in [0.4, 0.5) is 0 Å². The molecular formula is C24H26N2O3S.